The first-order chi connectivity index (χ1) is 22.5. The molecule has 4 rings (SSSR count). The minimum absolute atomic E-state index is 0.189. The van der Waals surface area contributed by atoms with E-state index in [9.17, 15) is 4.79 Å². The summed E-state index contributed by atoms with van der Waals surface area (Å²) in [5.41, 5.74) is 9.77. The summed E-state index contributed by atoms with van der Waals surface area (Å²) in [5, 5.41) is 0. The van der Waals surface area contributed by atoms with Gasteiger partial charge in [0.15, 0.2) is 0 Å². The molecule has 2 heterocycles. The van der Waals surface area contributed by atoms with Crippen LogP contribution in [0.2, 0.25) is 0 Å². The van der Waals surface area contributed by atoms with Crippen molar-refractivity contribution < 1.29 is 9.53 Å². The predicted molar refractivity (Wildman–Crippen MR) is 196 cm³/mol. The fraction of sp³-hybridized carbons (Fsp3) is 0.463. The minimum Gasteiger partial charge on any atom is -0.378 e. The van der Waals surface area contributed by atoms with E-state index in [0.29, 0.717) is 26.3 Å². The van der Waals surface area contributed by atoms with Crippen molar-refractivity contribution in [2.75, 3.05) is 46.4 Å². The molecule has 0 atom stereocenters. The van der Waals surface area contributed by atoms with Crippen LogP contribution in [0.1, 0.15) is 89.2 Å². The van der Waals surface area contributed by atoms with Gasteiger partial charge in [0.1, 0.15) is 0 Å². The Bertz CT molecular complexity index is 1370. The number of hydrogen-bond donors (Lipinski definition) is 0. The zero-order valence-electron chi connectivity index (χ0n) is 28.6. The molecule has 0 aromatic heterocycles. The minimum atomic E-state index is 0.189. The molecule has 1 amide bonds. The molecule has 0 unspecified atom stereocenters. The molecule has 3 aliphatic rings. The van der Waals surface area contributed by atoms with Crippen molar-refractivity contribution in [1.29, 1.82) is 0 Å². The van der Waals surface area contributed by atoms with Crippen molar-refractivity contribution in [2.45, 2.75) is 78.1 Å². The molecule has 0 N–H and O–H groups in total. The fourth-order valence-corrected chi connectivity index (χ4v) is 6.52. The van der Waals surface area contributed by atoms with Gasteiger partial charge in [-0.3, -0.25) is 9.79 Å². The molecule has 0 bridgehead atoms. The smallest absolute Gasteiger partial charge is 0.249 e. The number of unbranched alkanes of at least 4 members (excludes halogenated alkanes) is 1. The normalized spacial score (nSPS) is 19.4. The van der Waals surface area contributed by atoms with Gasteiger partial charge in [-0.25, -0.2) is 0 Å². The van der Waals surface area contributed by atoms with Crippen LogP contribution in [0.25, 0.3) is 11.6 Å². The molecule has 5 heteroatoms. The number of nitrogens with zero attached hydrogens (tertiary/aromatic N) is 3. The lowest BCUT2D eigenvalue weighted by Gasteiger charge is -2.32. The third-order valence-electron chi connectivity index (χ3n) is 8.86. The van der Waals surface area contributed by atoms with Crippen LogP contribution in [-0.2, 0) is 9.53 Å². The van der Waals surface area contributed by atoms with Gasteiger partial charge in [0.25, 0.3) is 0 Å². The zero-order valence-corrected chi connectivity index (χ0v) is 28.6. The van der Waals surface area contributed by atoms with Crippen LogP contribution in [0.3, 0.4) is 0 Å². The number of carbonyl (C=O) groups is 1. The molecule has 0 saturated carbocycles. The standard InChI is InChI=1S/C41H55N3O2/c1-5-12-34(13-6-2)14-8-7-9-15-35-18-20-36(21-19-35)38-30-33(3)31-39(32-38)40(22-23-42-4)43-24-10-16-37(17-11-25-43)41(45)44-26-28-46-29-27-44/h9,14-16,18-23,30,32H,3,5-8,10-13,17,24-29,31H2,1-2,4H3/b15-9+,37-16-,40-22+,42-23?. The summed E-state index contributed by atoms with van der Waals surface area (Å²) in [4.78, 5) is 21.8. The van der Waals surface area contributed by atoms with Gasteiger partial charge in [-0.15, -0.1) is 0 Å². The highest BCUT2D eigenvalue weighted by atomic mass is 16.5. The van der Waals surface area contributed by atoms with Gasteiger partial charge in [0, 0.05) is 50.7 Å². The van der Waals surface area contributed by atoms with Gasteiger partial charge in [-0.2, -0.15) is 0 Å². The Morgan fingerprint density at radius 1 is 0.957 bits per heavy atom. The Morgan fingerprint density at radius 2 is 1.72 bits per heavy atom. The maximum absolute atomic E-state index is 13.1. The molecular formula is C41H55N3O2. The lowest BCUT2D eigenvalue weighted by atomic mass is 9.89. The van der Waals surface area contributed by atoms with Gasteiger partial charge in [-0.1, -0.05) is 99.1 Å². The van der Waals surface area contributed by atoms with Gasteiger partial charge in [0.05, 0.1) is 13.2 Å². The number of ether oxygens (including phenoxy) is 1. The first-order valence-corrected chi connectivity index (χ1v) is 17.5. The van der Waals surface area contributed by atoms with E-state index in [4.69, 9.17) is 4.74 Å². The number of rotatable bonds is 13. The Labute approximate surface area is 278 Å². The van der Waals surface area contributed by atoms with Gasteiger partial charge >= 0.3 is 0 Å². The number of amides is 1. The maximum Gasteiger partial charge on any atom is 0.249 e. The first kappa shape index (κ1) is 35.2. The van der Waals surface area contributed by atoms with E-state index in [1.807, 2.05) is 18.2 Å². The van der Waals surface area contributed by atoms with Gasteiger partial charge in [-0.05, 0) is 85.8 Å². The van der Waals surface area contributed by atoms with E-state index in [2.05, 4.69) is 97.1 Å². The van der Waals surface area contributed by atoms with E-state index in [-0.39, 0.29) is 5.91 Å². The summed E-state index contributed by atoms with van der Waals surface area (Å²) in [7, 11) is 1.82. The second-order valence-electron chi connectivity index (χ2n) is 12.5. The predicted octanol–water partition coefficient (Wildman–Crippen LogP) is 9.13. The molecule has 0 spiro atoms. The second kappa shape index (κ2) is 19.1. The van der Waals surface area contributed by atoms with Crippen LogP contribution < -0.4 is 0 Å². The molecule has 1 saturated heterocycles. The molecule has 5 nitrogen and oxygen atoms in total. The van der Waals surface area contributed by atoms with Crippen LogP contribution in [0.5, 0.6) is 0 Å². The van der Waals surface area contributed by atoms with E-state index in [1.54, 1.807) is 5.57 Å². The van der Waals surface area contributed by atoms with Crippen LogP contribution >= 0.6 is 0 Å². The Balaban J connectivity index is 1.42. The molecule has 1 aromatic rings. The third-order valence-corrected chi connectivity index (χ3v) is 8.86. The average molecular weight is 622 g/mol. The average Bonchev–Trinajstić information content (AvgIpc) is 3.06. The van der Waals surface area contributed by atoms with Gasteiger partial charge in [0.2, 0.25) is 5.91 Å². The maximum atomic E-state index is 13.1. The van der Waals surface area contributed by atoms with Crippen LogP contribution in [0, 0.1) is 0 Å². The fourth-order valence-electron chi connectivity index (χ4n) is 6.52. The summed E-state index contributed by atoms with van der Waals surface area (Å²) in [6.45, 7) is 13.3. The molecular weight excluding hydrogens is 566 g/mol. The van der Waals surface area contributed by atoms with Crippen molar-refractivity contribution in [3.63, 3.8) is 0 Å². The van der Waals surface area contributed by atoms with Crippen molar-refractivity contribution in [3.8, 4) is 0 Å². The molecule has 246 valence electrons. The summed E-state index contributed by atoms with van der Waals surface area (Å²) < 4.78 is 5.44. The summed E-state index contributed by atoms with van der Waals surface area (Å²) in [6, 6.07) is 8.88. The van der Waals surface area contributed by atoms with Crippen LogP contribution in [-0.4, -0.2) is 68.4 Å². The highest BCUT2D eigenvalue weighted by Gasteiger charge is 2.23. The number of allylic oxidation sites excluding steroid dienone is 9. The van der Waals surface area contributed by atoms with E-state index >= 15 is 0 Å². The van der Waals surface area contributed by atoms with E-state index in [0.717, 1.165) is 62.8 Å². The molecule has 2 aliphatic heterocycles. The van der Waals surface area contributed by atoms with Crippen LogP contribution in [0.15, 0.2) is 100 Å². The van der Waals surface area contributed by atoms with E-state index < -0.39 is 0 Å². The Morgan fingerprint density at radius 3 is 2.43 bits per heavy atom. The highest BCUT2D eigenvalue weighted by Crippen LogP contribution is 2.33. The van der Waals surface area contributed by atoms with E-state index in [1.165, 1.54) is 53.7 Å². The molecule has 1 aliphatic carbocycles. The second-order valence-corrected chi connectivity index (χ2v) is 12.5. The van der Waals surface area contributed by atoms with Crippen molar-refractivity contribution in [3.05, 3.63) is 106 Å². The SMILES string of the molecule is C=C1C=C(c2ccc(/C=C/CCC=C(CCC)CCC)cc2)C=C(/C(=C\C=NC)N2CC/C=C(\C(=O)N3CCOCC3)CCC2)C1. The molecule has 1 aromatic carbocycles. The van der Waals surface area contributed by atoms with Gasteiger partial charge < -0.3 is 14.5 Å². The summed E-state index contributed by atoms with van der Waals surface area (Å²) >= 11 is 0. The highest BCUT2D eigenvalue weighted by molar-refractivity contribution is 5.93. The number of benzene rings is 1. The number of hydrogen-bond acceptors (Lipinski definition) is 4. The number of morpholine rings is 1. The third kappa shape index (κ3) is 10.7. The van der Waals surface area contributed by atoms with Crippen molar-refractivity contribution in [2.24, 2.45) is 4.99 Å². The molecule has 46 heavy (non-hydrogen) atoms. The summed E-state index contributed by atoms with van der Waals surface area (Å²) in [5.74, 6) is 0.189. The first-order valence-electron chi connectivity index (χ1n) is 17.5. The number of carbonyl (C=O) groups excluding carboxylic acids is 1. The topological polar surface area (TPSA) is 45.1 Å². The quantitative estimate of drug-likeness (QED) is 0.125. The molecule has 0 radical (unpaired) electrons. The Hall–Kier alpha value is -3.70. The van der Waals surface area contributed by atoms with Crippen LogP contribution in [0.4, 0.5) is 0 Å². The Kier molecular flexibility index (Phi) is 14.6. The molecule has 1 fully saturated rings. The summed E-state index contributed by atoms with van der Waals surface area (Å²) in [6.07, 6.45) is 28.2. The largest absolute Gasteiger partial charge is 0.378 e. The lowest BCUT2D eigenvalue weighted by molar-refractivity contribution is -0.131. The van der Waals surface area contributed by atoms with Crippen molar-refractivity contribution >= 4 is 23.8 Å². The monoisotopic (exact) mass is 621 g/mol. The zero-order chi connectivity index (χ0) is 32.6. The van der Waals surface area contributed by atoms with Crippen molar-refractivity contribution in [1.82, 2.24) is 9.80 Å². The lowest BCUT2D eigenvalue weighted by Crippen LogP contribution is -2.41. The number of aliphatic imine (C=N–C) groups is 1.